The third kappa shape index (κ3) is 1.85. The molecule has 0 saturated heterocycles. The van der Waals surface area contributed by atoms with Gasteiger partial charge in [-0.2, -0.15) is 0 Å². The van der Waals surface area contributed by atoms with Crippen LogP contribution < -0.4 is 5.73 Å². The summed E-state index contributed by atoms with van der Waals surface area (Å²) in [7, 11) is 0. The molecule has 0 atom stereocenters. The molecule has 1 rings (SSSR count). The molecule has 0 bridgehead atoms. The molecule has 0 heterocycles. The lowest BCUT2D eigenvalue weighted by molar-refractivity contribution is 0.403. The fourth-order valence-corrected chi connectivity index (χ4v) is 0.804. The summed E-state index contributed by atoms with van der Waals surface area (Å²) in [6.07, 6.45) is 1.75. The van der Waals surface area contributed by atoms with Crippen molar-refractivity contribution in [1.29, 1.82) is 0 Å². The van der Waals surface area contributed by atoms with Crippen LogP contribution in [-0.2, 0) is 0 Å². The van der Waals surface area contributed by atoms with Crippen molar-refractivity contribution in [2.45, 2.75) is 0 Å². The number of nitrogens with two attached hydrogens (primary N) is 1. The van der Waals surface area contributed by atoms with Gasteiger partial charge in [0.25, 0.3) is 0 Å². The molecule has 0 aromatic heterocycles. The second-order valence-electron chi connectivity index (χ2n) is 2.19. The SMILES string of the molecule is NC[CH]c1ccc(O)c(O)c1. The molecule has 4 N–H and O–H groups in total. The molecule has 11 heavy (non-hydrogen) atoms. The summed E-state index contributed by atoms with van der Waals surface area (Å²) in [5.41, 5.74) is 6.06. The Morgan fingerprint density at radius 1 is 1.27 bits per heavy atom. The fourth-order valence-electron chi connectivity index (χ4n) is 0.804. The van der Waals surface area contributed by atoms with Gasteiger partial charge in [-0.25, -0.2) is 0 Å². The minimum absolute atomic E-state index is 0.112. The lowest BCUT2D eigenvalue weighted by atomic mass is 10.1. The van der Waals surface area contributed by atoms with Gasteiger partial charge in [-0.15, -0.1) is 0 Å². The van der Waals surface area contributed by atoms with Gasteiger partial charge in [-0.1, -0.05) is 6.07 Å². The summed E-state index contributed by atoms with van der Waals surface area (Å²) in [5, 5.41) is 17.9. The van der Waals surface area contributed by atoms with E-state index in [1.54, 1.807) is 12.5 Å². The molecule has 1 radical (unpaired) electrons. The van der Waals surface area contributed by atoms with Crippen LogP contribution in [-0.4, -0.2) is 16.8 Å². The molecule has 1 aromatic carbocycles. The zero-order chi connectivity index (χ0) is 8.27. The van der Waals surface area contributed by atoms with E-state index in [9.17, 15) is 0 Å². The van der Waals surface area contributed by atoms with Gasteiger partial charge in [0.1, 0.15) is 0 Å². The molecule has 0 saturated carbocycles. The van der Waals surface area contributed by atoms with Gasteiger partial charge in [0.15, 0.2) is 11.5 Å². The standard InChI is InChI=1S/C8H10NO2/c9-4-3-6-1-2-7(10)8(11)5-6/h1-3,5,10-11H,4,9H2. The monoisotopic (exact) mass is 152 g/mol. The maximum atomic E-state index is 9.02. The fraction of sp³-hybridized carbons (Fsp3) is 0.125. The van der Waals surface area contributed by atoms with Crippen LogP contribution in [0.25, 0.3) is 0 Å². The average molecular weight is 152 g/mol. The minimum atomic E-state index is -0.118. The average Bonchev–Trinajstić information content (AvgIpc) is 1.98. The summed E-state index contributed by atoms with van der Waals surface area (Å²) < 4.78 is 0. The van der Waals surface area contributed by atoms with E-state index in [0.29, 0.717) is 6.54 Å². The lowest BCUT2D eigenvalue weighted by Crippen LogP contribution is -1.99. The number of aromatic hydroxyl groups is 2. The van der Waals surface area contributed by atoms with E-state index in [4.69, 9.17) is 15.9 Å². The van der Waals surface area contributed by atoms with Crippen molar-refractivity contribution in [3.8, 4) is 11.5 Å². The minimum Gasteiger partial charge on any atom is -0.504 e. The van der Waals surface area contributed by atoms with Crippen molar-refractivity contribution < 1.29 is 10.2 Å². The first kappa shape index (κ1) is 7.88. The molecule has 0 aliphatic carbocycles. The quantitative estimate of drug-likeness (QED) is 0.544. The molecule has 3 nitrogen and oxygen atoms in total. The van der Waals surface area contributed by atoms with Crippen LogP contribution in [0.3, 0.4) is 0 Å². The highest BCUT2D eigenvalue weighted by atomic mass is 16.3. The maximum absolute atomic E-state index is 9.02. The van der Waals surface area contributed by atoms with Crippen molar-refractivity contribution in [1.82, 2.24) is 0 Å². The molecule has 0 aliphatic rings. The Balaban J connectivity index is 2.86. The Kier molecular flexibility index (Phi) is 2.33. The highest BCUT2D eigenvalue weighted by Gasteiger charge is 1.98. The molecule has 0 fully saturated rings. The van der Waals surface area contributed by atoms with Crippen LogP contribution in [0.1, 0.15) is 5.56 Å². The molecule has 3 heteroatoms. The first-order valence-electron chi connectivity index (χ1n) is 3.29. The van der Waals surface area contributed by atoms with Gasteiger partial charge >= 0.3 is 0 Å². The summed E-state index contributed by atoms with van der Waals surface area (Å²) in [6, 6.07) is 4.57. The van der Waals surface area contributed by atoms with Gasteiger partial charge in [-0.3, -0.25) is 0 Å². The van der Waals surface area contributed by atoms with Crippen molar-refractivity contribution in [2.24, 2.45) is 5.73 Å². The van der Waals surface area contributed by atoms with Gasteiger partial charge in [0, 0.05) is 6.42 Å². The van der Waals surface area contributed by atoms with E-state index < -0.39 is 0 Å². The normalized spacial score (nSPS) is 9.91. The molecule has 0 unspecified atom stereocenters. The summed E-state index contributed by atoms with van der Waals surface area (Å²) >= 11 is 0. The third-order valence-electron chi connectivity index (χ3n) is 1.35. The van der Waals surface area contributed by atoms with E-state index in [0.717, 1.165) is 5.56 Å². The van der Waals surface area contributed by atoms with Gasteiger partial charge < -0.3 is 15.9 Å². The molecular formula is C8H10NO2. The van der Waals surface area contributed by atoms with Crippen LogP contribution >= 0.6 is 0 Å². The van der Waals surface area contributed by atoms with Crippen LogP contribution in [0.15, 0.2) is 18.2 Å². The van der Waals surface area contributed by atoms with E-state index in [1.807, 2.05) is 0 Å². The van der Waals surface area contributed by atoms with Crippen molar-refractivity contribution in [2.75, 3.05) is 6.54 Å². The predicted molar refractivity (Wildman–Crippen MR) is 42.2 cm³/mol. The Hall–Kier alpha value is -1.22. The highest BCUT2D eigenvalue weighted by Crippen LogP contribution is 2.25. The zero-order valence-corrected chi connectivity index (χ0v) is 5.99. The summed E-state index contributed by atoms with van der Waals surface area (Å²) in [6.45, 7) is 0.421. The second kappa shape index (κ2) is 3.25. The number of phenols is 2. The zero-order valence-electron chi connectivity index (χ0n) is 5.99. The van der Waals surface area contributed by atoms with Crippen molar-refractivity contribution in [3.63, 3.8) is 0 Å². The van der Waals surface area contributed by atoms with Gasteiger partial charge in [0.2, 0.25) is 0 Å². The van der Waals surface area contributed by atoms with E-state index in [1.165, 1.54) is 12.1 Å². The molecule has 0 aliphatic heterocycles. The molecule has 1 aromatic rings. The maximum Gasteiger partial charge on any atom is 0.157 e. The van der Waals surface area contributed by atoms with E-state index in [-0.39, 0.29) is 11.5 Å². The number of phenolic OH excluding ortho intramolecular Hbond substituents is 2. The molecule has 59 valence electrons. The largest absolute Gasteiger partial charge is 0.504 e. The third-order valence-corrected chi connectivity index (χ3v) is 1.35. The predicted octanol–water partition coefficient (Wildman–Crippen LogP) is 0.609. The van der Waals surface area contributed by atoms with Crippen LogP contribution in [0.4, 0.5) is 0 Å². The number of hydrogen-bond acceptors (Lipinski definition) is 3. The lowest BCUT2D eigenvalue weighted by Gasteiger charge is -2.00. The van der Waals surface area contributed by atoms with Crippen LogP contribution in [0, 0.1) is 6.42 Å². The molecule has 0 amide bonds. The van der Waals surface area contributed by atoms with Crippen molar-refractivity contribution >= 4 is 0 Å². The van der Waals surface area contributed by atoms with Gasteiger partial charge in [0.05, 0.1) is 0 Å². The Morgan fingerprint density at radius 3 is 2.55 bits per heavy atom. The Morgan fingerprint density at radius 2 is 2.00 bits per heavy atom. The van der Waals surface area contributed by atoms with E-state index >= 15 is 0 Å². The molecule has 0 spiro atoms. The smallest absolute Gasteiger partial charge is 0.157 e. The Bertz CT molecular complexity index is 248. The topological polar surface area (TPSA) is 66.5 Å². The number of rotatable bonds is 2. The summed E-state index contributed by atoms with van der Waals surface area (Å²) in [4.78, 5) is 0. The first-order valence-corrected chi connectivity index (χ1v) is 3.29. The summed E-state index contributed by atoms with van der Waals surface area (Å²) in [5.74, 6) is -0.230. The van der Waals surface area contributed by atoms with Crippen LogP contribution in [0.5, 0.6) is 11.5 Å². The number of benzene rings is 1. The van der Waals surface area contributed by atoms with Gasteiger partial charge in [-0.05, 0) is 24.2 Å². The number of hydrogen-bond donors (Lipinski definition) is 3. The second-order valence-corrected chi connectivity index (χ2v) is 2.19. The first-order chi connectivity index (χ1) is 5.24. The highest BCUT2D eigenvalue weighted by molar-refractivity contribution is 5.42. The van der Waals surface area contributed by atoms with Crippen LogP contribution in [0.2, 0.25) is 0 Å². The Labute approximate surface area is 65.1 Å². The molecular weight excluding hydrogens is 142 g/mol. The van der Waals surface area contributed by atoms with Crippen molar-refractivity contribution in [3.05, 3.63) is 30.2 Å². The van der Waals surface area contributed by atoms with E-state index in [2.05, 4.69) is 0 Å².